The van der Waals surface area contributed by atoms with Crippen molar-refractivity contribution in [1.29, 1.82) is 0 Å². The predicted octanol–water partition coefficient (Wildman–Crippen LogP) is 3.14. The van der Waals surface area contributed by atoms with Crippen LogP contribution in [-0.2, 0) is 14.3 Å². The van der Waals surface area contributed by atoms with E-state index < -0.39 is 30.1 Å². The summed E-state index contributed by atoms with van der Waals surface area (Å²) in [5.74, 6) is -2.61. The number of aryl methyl sites for hydroxylation is 1. The smallest absolute Gasteiger partial charge is 0.344 e. The highest BCUT2D eigenvalue weighted by Crippen LogP contribution is 2.20. The highest BCUT2D eigenvalue weighted by atomic mass is 19.1. The molecule has 5 nitrogen and oxygen atoms in total. The Kier molecular flexibility index (Phi) is 6.05. The molecule has 2 rings (SSSR count). The Hall–Kier alpha value is -2.96. The lowest BCUT2D eigenvalue weighted by atomic mass is 10.1. The molecular weight excluding hydrogens is 332 g/mol. The number of carbonyl (C=O) groups is 2. The SMILES string of the molecule is Cc1cccc(OCC(=O)OCC(=O)Nc2ccc(F)cc2F)c1C. The highest BCUT2D eigenvalue weighted by Gasteiger charge is 2.12. The lowest BCUT2D eigenvalue weighted by molar-refractivity contribution is -0.149. The van der Waals surface area contributed by atoms with Crippen molar-refractivity contribution in [2.45, 2.75) is 13.8 Å². The van der Waals surface area contributed by atoms with Gasteiger partial charge in [0.1, 0.15) is 17.4 Å². The van der Waals surface area contributed by atoms with Gasteiger partial charge in [0, 0.05) is 6.07 Å². The fourth-order valence-electron chi connectivity index (χ4n) is 1.98. The number of nitrogens with one attached hydrogen (secondary N) is 1. The van der Waals surface area contributed by atoms with Crippen LogP contribution >= 0.6 is 0 Å². The Morgan fingerprint density at radius 3 is 2.56 bits per heavy atom. The van der Waals surface area contributed by atoms with Crippen molar-refractivity contribution in [3.63, 3.8) is 0 Å². The van der Waals surface area contributed by atoms with Gasteiger partial charge < -0.3 is 14.8 Å². The van der Waals surface area contributed by atoms with Gasteiger partial charge in [-0.25, -0.2) is 13.6 Å². The number of rotatable bonds is 6. The van der Waals surface area contributed by atoms with E-state index in [-0.39, 0.29) is 12.3 Å². The third-order valence-electron chi connectivity index (χ3n) is 3.47. The van der Waals surface area contributed by atoms with Crippen LogP contribution in [0, 0.1) is 25.5 Å². The molecule has 25 heavy (non-hydrogen) atoms. The summed E-state index contributed by atoms with van der Waals surface area (Å²) in [5.41, 5.74) is 1.72. The molecule has 0 fully saturated rings. The van der Waals surface area contributed by atoms with Crippen molar-refractivity contribution in [3.8, 4) is 5.75 Å². The van der Waals surface area contributed by atoms with Gasteiger partial charge >= 0.3 is 5.97 Å². The minimum Gasteiger partial charge on any atom is -0.482 e. The Balaban J connectivity index is 1.79. The number of carbonyl (C=O) groups excluding carboxylic acids is 2. The maximum atomic E-state index is 13.4. The number of ether oxygens (including phenoxy) is 2. The molecule has 2 aromatic carbocycles. The lowest BCUT2D eigenvalue weighted by Crippen LogP contribution is -2.24. The van der Waals surface area contributed by atoms with Crippen molar-refractivity contribution in [2.24, 2.45) is 0 Å². The molecule has 0 atom stereocenters. The van der Waals surface area contributed by atoms with E-state index in [1.165, 1.54) is 0 Å². The molecule has 0 radical (unpaired) electrons. The molecule has 0 unspecified atom stereocenters. The van der Waals surface area contributed by atoms with Crippen molar-refractivity contribution in [3.05, 3.63) is 59.2 Å². The van der Waals surface area contributed by atoms with E-state index >= 15 is 0 Å². The van der Waals surface area contributed by atoms with Crippen LogP contribution in [0.2, 0.25) is 0 Å². The molecule has 0 aromatic heterocycles. The molecule has 1 amide bonds. The first kappa shape index (κ1) is 18.4. The van der Waals surface area contributed by atoms with Gasteiger partial charge in [0.25, 0.3) is 5.91 Å². The zero-order valence-corrected chi connectivity index (χ0v) is 13.8. The molecule has 0 saturated carbocycles. The monoisotopic (exact) mass is 349 g/mol. The van der Waals surface area contributed by atoms with E-state index in [1.807, 2.05) is 19.9 Å². The molecule has 7 heteroatoms. The molecule has 0 heterocycles. The Labute approximate surface area is 143 Å². The zero-order chi connectivity index (χ0) is 18.4. The van der Waals surface area contributed by atoms with Crippen LogP contribution < -0.4 is 10.1 Å². The topological polar surface area (TPSA) is 64.6 Å². The standard InChI is InChI=1S/C18H17F2NO4/c1-11-4-3-5-16(12(11)2)24-10-18(23)25-9-17(22)21-15-7-6-13(19)8-14(15)20/h3-8H,9-10H2,1-2H3,(H,21,22). The minimum atomic E-state index is -0.919. The maximum absolute atomic E-state index is 13.4. The summed E-state index contributed by atoms with van der Waals surface area (Å²) in [6, 6.07) is 8.16. The average Bonchev–Trinajstić information content (AvgIpc) is 2.57. The van der Waals surface area contributed by atoms with Gasteiger partial charge in [-0.1, -0.05) is 12.1 Å². The number of amides is 1. The van der Waals surface area contributed by atoms with E-state index in [2.05, 4.69) is 5.32 Å². The quantitative estimate of drug-likeness (QED) is 0.814. The molecule has 1 N–H and O–H groups in total. The Bertz CT molecular complexity index is 793. The molecule has 0 aliphatic heterocycles. The predicted molar refractivity (Wildman–Crippen MR) is 87.4 cm³/mol. The molecule has 0 aliphatic rings. The van der Waals surface area contributed by atoms with Crippen LogP contribution in [-0.4, -0.2) is 25.1 Å². The molecule has 2 aromatic rings. The van der Waals surface area contributed by atoms with Gasteiger partial charge in [0.15, 0.2) is 13.2 Å². The molecular formula is C18H17F2NO4. The minimum absolute atomic E-state index is 0.200. The van der Waals surface area contributed by atoms with Gasteiger partial charge in [0.05, 0.1) is 5.69 Å². The summed E-state index contributed by atoms with van der Waals surface area (Å²) < 4.78 is 36.3. The number of esters is 1. The van der Waals surface area contributed by atoms with Crippen molar-refractivity contribution in [1.82, 2.24) is 0 Å². The van der Waals surface area contributed by atoms with E-state index in [9.17, 15) is 18.4 Å². The number of anilines is 1. The molecule has 0 bridgehead atoms. The second kappa shape index (κ2) is 8.23. The molecule has 0 aliphatic carbocycles. The van der Waals surface area contributed by atoms with Gasteiger partial charge in [-0.05, 0) is 43.2 Å². The van der Waals surface area contributed by atoms with Crippen LogP contribution in [0.5, 0.6) is 5.75 Å². The van der Waals surface area contributed by atoms with E-state index in [1.54, 1.807) is 12.1 Å². The summed E-state index contributed by atoms with van der Waals surface area (Å²) >= 11 is 0. The first-order valence-electron chi connectivity index (χ1n) is 7.46. The highest BCUT2D eigenvalue weighted by molar-refractivity contribution is 5.92. The fraction of sp³-hybridized carbons (Fsp3) is 0.222. The molecule has 132 valence electrons. The first-order valence-corrected chi connectivity index (χ1v) is 7.46. The van der Waals surface area contributed by atoms with Gasteiger partial charge in [-0.2, -0.15) is 0 Å². The Morgan fingerprint density at radius 2 is 1.84 bits per heavy atom. The summed E-state index contributed by atoms with van der Waals surface area (Å²) in [4.78, 5) is 23.3. The second-order valence-electron chi connectivity index (χ2n) is 5.32. The normalized spacial score (nSPS) is 10.2. The number of benzene rings is 2. The van der Waals surface area contributed by atoms with Crippen LogP contribution in [0.1, 0.15) is 11.1 Å². The second-order valence-corrected chi connectivity index (χ2v) is 5.32. The number of hydrogen-bond donors (Lipinski definition) is 1. The van der Waals surface area contributed by atoms with E-state index in [0.29, 0.717) is 11.8 Å². The average molecular weight is 349 g/mol. The fourth-order valence-corrected chi connectivity index (χ4v) is 1.98. The first-order chi connectivity index (χ1) is 11.9. The van der Waals surface area contributed by atoms with Gasteiger partial charge in [0.2, 0.25) is 0 Å². The Morgan fingerprint density at radius 1 is 1.08 bits per heavy atom. The van der Waals surface area contributed by atoms with Crippen molar-refractivity contribution in [2.75, 3.05) is 18.5 Å². The number of halogens is 2. The van der Waals surface area contributed by atoms with Crippen LogP contribution in [0.25, 0.3) is 0 Å². The summed E-state index contributed by atoms with van der Waals surface area (Å²) in [6.45, 7) is 2.81. The molecule has 0 spiro atoms. The number of hydrogen-bond acceptors (Lipinski definition) is 4. The summed E-state index contributed by atoms with van der Waals surface area (Å²) in [7, 11) is 0. The van der Waals surface area contributed by atoms with Crippen LogP contribution in [0.3, 0.4) is 0 Å². The lowest BCUT2D eigenvalue weighted by Gasteiger charge is -2.11. The van der Waals surface area contributed by atoms with E-state index in [0.717, 1.165) is 23.3 Å². The zero-order valence-electron chi connectivity index (χ0n) is 13.8. The maximum Gasteiger partial charge on any atom is 0.344 e. The van der Waals surface area contributed by atoms with Crippen LogP contribution in [0.4, 0.5) is 14.5 Å². The van der Waals surface area contributed by atoms with Gasteiger partial charge in [-0.3, -0.25) is 4.79 Å². The van der Waals surface area contributed by atoms with Crippen molar-refractivity contribution >= 4 is 17.6 Å². The van der Waals surface area contributed by atoms with Gasteiger partial charge in [-0.15, -0.1) is 0 Å². The third kappa shape index (κ3) is 5.27. The van der Waals surface area contributed by atoms with Crippen molar-refractivity contribution < 1.29 is 27.8 Å². The van der Waals surface area contributed by atoms with E-state index in [4.69, 9.17) is 9.47 Å². The third-order valence-corrected chi connectivity index (χ3v) is 3.47. The summed E-state index contributed by atoms with van der Waals surface area (Å²) in [6.07, 6.45) is 0. The summed E-state index contributed by atoms with van der Waals surface area (Å²) in [5, 5.41) is 2.18. The largest absolute Gasteiger partial charge is 0.482 e. The molecule has 0 saturated heterocycles. The van der Waals surface area contributed by atoms with Crippen LogP contribution in [0.15, 0.2) is 36.4 Å².